The van der Waals surface area contributed by atoms with E-state index in [1.54, 1.807) is 12.4 Å². The van der Waals surface area contributed by atoms with Gasteiger partial charge in [-0.15, -0.1) is 0 Å². The quantitative estimate of drug-likeness (QED) is 0.735. The molecule has 1 N–H and O–H groups in total. The summed E-state index contributed by atoms with van der Waals surface area (Å²) in [5.41, 5.74) is 3.64. The van der Waals surface area contributed by atoms with Crippen LogP contribution >= 0.6 is 0 Å². The molecule has 0 saturated carbocycles. The Labute approximate surface area is 164 Å². The molecule has 0 aliphatic carbocycles. The highest BCUT2D eigenvalue weighted by molar-refractivity contribution is 5.77. The third kappa shape index (κ3) is 4.01. The van der Waals surface area contributed by atoms with Gasteiger partial charge in [0.2, 0.25) is 5.91 Å². The predicted octanol–water partition coefficient (Wildman–Crippen LogP) is 3.66. The second-order valence-electron chi connectivity index (χ2n) is 7.48. The molecule has 2 aromatic carbocycles. The van der Waals surface area contributed by atoms with Crippen LogP contribution in [-0.2, 0) is 11.3 Å². The summed E-state index contributed by atoms with van der Waals surface area (Å²) < 4.78 is 16.2. The fraction of sp³-hybridized carbons (Fsp3) is 0.364. The molecule has 1 unspecified atom stereocenters. The molecule has 2 heterocycles. The molecule has 28 heavy (non-hydrogen) atoms. The Morgan fingerprint density at radius 2 is 2.14 bits per heavy atom. The summed E-state index contributed by atoms with van der Waals surface area (Å²) in [6.45, 7) is 4.01. The highest BCUT2D eigenvalue weighted by Crippen LogP contribution is 2.24. The molecule has 4 rings (SSSR count). The fourth-order valence-electron chi connectivity index (χ4n) is 3.89. The van der Waals surface area contributed by atoms with Crippen molar-refractivity contribution in [2.75, 3.05) is 18.0 Å². The molecular formula is C22H25FN4O. The van der Waals surface area contributed by atoms with Crippen molar-refractivity contribution in [3.63, 3.8) is 0 Å². The maximum Gasteiger partial charge on any atom is 0.222 e. The van der Waals surface area contributed by atoms with E-state index in [1.807, 2.05) is 46.7 Å². The van der Waals surface area contributed by atoms with E-state index in [4.69, 9.17) is 0 Å². The minimum Gasteiger partial charge on any atom is -0.367 e. The molecule has 5 nitrogen and oxygen atoms in total. The number of para-hydroxylation sites is 2. The van der Waals surface area contributed by atoms with Crippen molar-refractivity contribution in [1.82, 2.24) is 14.9 Å². The topological polar surface area (TPSA) is 50.2 Å². The van der Waals surface area contributed by atoms with Gasteiger partial charge in [-0.05, 0) is 49.6 Å². The average Bonchev–Trinajstić information content (AvgIpc) is 3.12. The maximum absolute atomic E-state index is 14.2. The Kier molecular flexibility index (Phi) is 5.28. The monoisotopic (exact) mass is 380 g/mol. The van der Waals surface area contributed by atoms with Crippen molar-refractivity contribution in [3.8, 4) is 0 Å². The molecular weight excluding hydrogens is 355 g/mol. The van der Waals surface area contributed by atoms with Crippen molar-refractivity contribution in [1.29, 1.82) is 0 Å². The Bertz CT molecular complexity index is 984. The number of benzene rings is 2. The first-order chi connectivity index (χ1) is 13.6. The van der Waals surface area contributed by atoms with E-state index in [9.17, 15) is 9.18 Å². The average molecular weight is 380 g/mol. The Morgan fingerprint density at radius 1 is 1.29 bits per heavy atom. The summed E-state index contributed by atoms with van der Waals surface area (Å²) in [6, 6.07) is 13.1. The van der Waals surface area contributed by atoms with Crippen molar-refractivity contribution in [2.24, 2.45) is 0 Å². The highest BCUT2D eigenvalue weighted by atomic mass is 19.1. The van der Waals surface area contributed by atoms with Crippen LogP contribution in [0.4, 0.5) is 10.1 Å². The number of fused-ring (bicyclic) bond motifs is 1. The van der Waals surface area contributed by atoms with Gasteiger partial charge in [-0.25, -0.2) is 9.37 Å². The number of hydrogen-bond donors (Lipinski definition) is 1. The van der Waals surface area contributed by atoms with Crippen LogP contribution in [0.1, 0.15) is 24.8 Å². The first kappa shape index (κ1) is 18.5. The van der Waals surface area contributed by atoms with Gasteiger partial charge in [-0.3, -0.25) is 4.79 Å². The van der Waals surface area contributed by atoms with Crippen LogP contribution in [0.5, 0.6) is 0 Å². The Morgan fingerprint density at radius 3 is 3.04 bits per heavy atom. The summed E-state index contributed by atoms with van der Waals surface area (Å²) in [7, 11) is 0. The molecule has 0 spiro atoms. The maximum atomic E-state index is 14.2. The molecule has 1 atom stereocenters. The first-order valence-electron chi connectivity index (χ1n) is 9.80. The molecule has 1 aromatic heterocycles. The largest absolute Gasteiger partial charge is 0.367 e. The number of amides is 1. The first-order valence-corrected chi connectivity index (χ1v) is 9.80. The lowest BCUT2D eigenvalue weighted by Crippen LogP contribution is -2.48. The number of nitrogens with zero attached hydrogens (tertiary/aromatic N) is 3. The second kappa shape index (κ2) is 8.00. The van der Waals surface area contributed by atoms with Crippen LogP contribution < -0.4 is 10.2 Å². The van der Waals surface area contributed by atoms with Crippen LogP contribution in [0.2, 0.25) is 0 Å². The van der Waals surface area contributed by atoms with E-state index in [2.05, 4.69) is 10.3 Å². The molecule has 1 fully saturated rings. The van der Waals surface area contributed by atoms with Gasteiger partial charge in [0.25, 0.3) is 0 Å². The minimum absolute atomic E-state index is 0.0225. The number of anilines is 1. The summed E-state index contributed by atoms with van der Waals surface area (Å²) in [4.78, 5) is 18.9. The number of rotatable bonds is 5. The standard InChI is InChI=1S/C22H25FN4O/c1-16-8-9-18(23)21(13-16)26-11-4-5-17(14-26)25-22(28)10-12-27-15-24-19-6-2-3-7-20(19)27/h2-3,6-9,13,15,17H,4-5,10-12,14H2,1H3,(H,25,28). The van der Waals surface area contributed by atoms with Gasteiger partial charge in [0, 0.05) is 32.1 Å². The molecule has 1 aliphatic heterocycles. The summed E-state index contributed by atoms with van der Waals surface area (Å²) in [5, 5.41) is 3.13. The number of hydrogen-bond acceptors (Lipinski definition) is 3. The third-order valence-electron chi connectivity index (χ3n) is 5.34. The molecule has 1 aliphatic rings. The molecule has 146 valence electrons. The van der Waals surface area contributed by atoms with Crippen LogP contribution in [0, 0.1) is 12.7 Å². The summed E-state index contributed by atoms with van der Waals surface area (Å²) >= 11 is 0. The van der Waals surface area contributed by atoms with Gasteiger partial charge in [0.15, 0.2) is 0 Å². The number of nitrogens with one attached hydrogen (secondary N) is 1. The smallest absolute Gasteiger partial charge is 0.222 e. The number of aryl methyl sites for hydroxylation is 2. The Hall–Kier alpha value is -2.89. The predicted molar refractivity (Wildman–Crippen MR) is 109 cm³/mol. The van der Waals surface area contributed by atoms with E-state index in [-0.39, 0.29) is 17.8 Å². The van der Waals surface area contributed by atoms with Gasteiger partial charge in [0.1, 0.15) is 5.82 Å². The van der Waals surface area contributed by atoms with Crippen molar-refractivity contribution in [3.05, 3.63) is 60.2 Å². The highest BCUT2D eigenvalue weighted by Gasteiger charge is 2.23. The van der Waals surface area contributed by atoms with Crippen molar-refractivity contribution < 1.29 is 9.18 Å². The number of aromatic nitrogens is 2. The van der Waals surface area contributed by atoms with Crippen LogP contribution in [0.3, 0.4) is 0 Å². The molecule has 0 radical (unpaired) electrons. The molecule has 1 saturated heterocycles. The van der Waals surface area contributed by atoms with E-state index in [0.717, 1.165) is 36.0 Å². The lowest BCUT2D eigenvalue weighted by atomic mass is 10.0. The molecule has 3 aromatic rings. The zero-order valence-electron chi connectivity index (χ0n) is 16.1. The molecule has 1 amide bonds. The van der Waals surface area contributed by atoms with E-state index >= 15 is 0 Å². The number of halogens is 1. The van der Waals surface area contributed by atoms with Crippen LogP contribution in [0.15, 0.2) is 48.8 Å². The summed E-state index contributed by atoms with van der Waals surface area (Å²) in [6.07, 6.45) is 4.03. The second-order valence-corrected chi connectivity index (χ2v) is 7.48. The fourth-order valence-corrected chi connectivity index (χ4v) is 3.89. The van der Waals surface area contributed by atoms with E-state index < -0.39 is 0 Å². The normalized spacial score (nSPS) is 17.1. The number of carbonyl (C=O) groups excluding carboxylic acids is 1. The van der Waals surface area contributed by atoms with Crippen molar-refractivity contribution >= 4 is 22.6 Å². The van der Waals surface area contributed by atoms with Gasteiger partial charge >= 0.3 is 0 Å². The third-order valence-corrected chi connectivity index (χ3v) is 5.34. The number of carbonyl (C=O) groups is 1. The minimum atomic E-state index is -0.204. The zero-order chi connectivity index (χ0) is 19.5. The lowest BCUT2D eigenvalue weighted by Gasteiger charge is -2.35. The van der Waals surface area contributed by atoms with Crippen LogP contribution in [-0.4, -0.2) is 34.6 Å². The Balaban J connectivity index is 1.34. The SMILES string of the molecule is Cc1ccc(F)c(N2CCCC(NC(=O)CCn3cnc4ccccc43)C2)c1. The van der Waals surface area contributed by atoms with Gasteiger partial charge in [0.05, 0.1) is 23.0 Å². The van der Waals surface area contributed by atoms with Gasteiger partial charge < -0.3 is 14.8 Å². The van der Waals surface area contributed by atoms with Gasteiger partial charge in [-0.2, -0.15) is 0 Å². The number of piperidine rings is 1. The number of imidazole rings is 1. The van der Waals surface area contributed by atoms with Crippen molar-refractivity contribution in [2.45, 2.75) is 38.8 Å². The molecule has 6 heteroatoms. The lowest BCUT2D eigenvalue weighted by molar-refractivity contribution is -0.122. The zero-order valence-corrected chi connectivity index (χ0v) is 16.1. The molecule has 0 bridgehead atoms. The van der Waals surface area contributed by atoms with E-state index in [1.165, 1.54) is 6.07 Å². The van der Waals surface area contributed by atoms with E-state index in [0.29, 0.717) is 25.2 Å². The summed E-state index contributed by atoms with van der Waals surface area (Å²) in [5.74, 6) is -0.182. The van der Waals surface area contributed by atoms with Crippen LogP contribution in [0.25, 0.3) is 11.0 Å². The van der Waals surface area contributed by atoms with Gasteiger partial charge in [-0.1, -0.05) is 18.2 Å².